The van der Waals surface area contributed by atoms with Gasteiger partial charge in [-0.25, -0.2) is 0 Å². The number of rotatable bonds is 6. The van der Waals surface area contributed by atoms with Crippen LogP contribution in [0.2, 0.25) is 0 Å². The topological polar surface area (TPSA) is 71.0 Å². The van der Waals surface area contributed by atoms with Crippen molar-refractivity contribution in [2.24, 2.45) is 17.8 Å². The summed E-state index contributed by atoms with van der Waals surface area (Å²) in [4.78, 5) is 13.3. The fourth-order valence-electron chi connectivity index (χ4n) is 6.11. The molecule has 188 valence electrons. The van der Waals surface area contributed by atoms with Crippen molar-refractivity contribution in [3.05, 3.63) is 46.8 Å². The molecule has 0 atom stereocenters. The number of phenols is 1. The lowest BCUT2D eigenvalue weighted by atomic mass is 9.78. The van der Waals surface area contributed by atoms with Gasteiger partial charge < -0.3 is 14.2 Å². The first-order valence-corrected chi connectivity index (χ1v) is 12.6. The van der Waals surface area contributed by atoms with Crippen LogP contribution in [0.15, 0.2) is 24.5 Å². The third-order valence-corrected chi connectivity index (χ3v) is 8.06. The Hall–Kier alpha value is -1.82. The van der Waals surface area contributed by atoms with E-state index in [1.54, 1.807) is 4.57 Å². The van der Waals surface area contributed by atoms with Crippen LogP contribution in [0, 0.1) is 23.2 Å². The molecule has 6 heteroatoms. The number of carbonyl (C=O) groups is 1. The van der Waals surface area contributed by atoms with E-state index >= 15 is 0 Å². The van der Waals surface area contributed by atoms with Gasteiger partial charge >= 0.3 is 0 Å². The third kappa shape index (κ3) is 5.22. The minimum Gasteiger partial charge on any atom is -0.507 e. The van der Waals surface area contributed by atoms with E-state index in [1.807, 2.05) is 29.1 Å². The van der Waals surface area contributed by atoms with Gasteiger partial charge in [-0.3, -0.25) is 10.2 Å². The highest BCUT2D eigenvalue weighted by Crippen LogP contribution is 2.50. The number of phenolic OH excluding ortho intramolecular Hbond substituents is 1. The van der Waals surface area contributed by atoms with Crippen molar-refractivity contribution in [2.75, 3.05) is 0 Å². The van der Waals surface area contributed by atoms with Gasteiger partial charge in [-0.1, -0.05) is 41.5 Å². The molecule has 2 aliphatic rings. The largest absolute Gasteiger partial charge is 0.507 e. The molecule has 0 spiro atoms. The Bertz CT molecular complexity index is 1050. The number of benzene rings is 1. The molecular weight excluding hydrogens is 490 g/mol. The Morgan fingerprint density at radius 2 is 1.41 bits per heavy atom. The standard InChI is InChI=1S/C28H41N3O2.BrH/c1-27(2,3)22-15-20(16-23(25(22)33)28(4,5)6)24(32)17-31-14-13-30(26(31)29)12-11-21-18-7-8-19(21)10-9-18;/h13-16,18-19,21,29,33H,7-12,17H2,1-6H3;1H. The molecule has 0 aliphatic heterocycles. The number of aryl methyl sites for hydroxylation is 1. The quantitative estimate of drug-likeness (QED) is 0.425. The summed E-state index contributed by atoms with van der Waals surface area (Å²) in [5, 5.41) is 19.6. The lowest BCUT2D eigenvalue weighted by Crippen LogP contribution is -2.28. The average molecular weight is 533 g/mol. The molecule has 2 aliphatic carbocycles. The van der Waals surface area contributed by atoms with Crippen LogP contribution in [0.5, 0.6) is 5.75 Å². The molecule has 2 aromatic rings. The monoisotopic (exact) mass is 531 g/mol. The summed E-state index contributed by atoms with van der Waals surface area (Å²) >= 11 is 0. The number of hydrogen-bond acceptors (Lipinski definition) is 3. The molecular formula is C28H42BrN3O2. The number of aromatic hydroxyl groups is 1. The van der Waals surface area contributed by atoms with E-state index < -0.39 is 0 Å². The summed E-state index contributed by atoms with van der Waals surface area (Å²) in [6.07, 6.45) is 10.5. The van der Waals surface area contributed by atoms with Crippen LogP contribution in [0.3, 0.4) is 0 Å². The molecule has 2 fully saturated rings. The van der Waals surface area contributed by atoms with Gasteiger partial charge in [0.15, 0.2) is 5.78 Å². The van der Waals surface area contributed by atoms with Crippen LogP contribution in [0.4, 0.5) is 0 Å². The van der Waals surface area contributed by atoms with Crippen LogP contribution < -0.4 is 5.62 Å². The van der Waals surface area contributed by atoms with Crippen LogP contribution in [-0.4, -0.2) is 20.0 Å². The van der Waals surface area contributed by atoms with E-state index in [9.17, 15) is 9.90 Å². The van der Waals surface area contributed by atoms with Gasteiger partial charge in [0.1, 0.15) is 5.75 Å². The fraction of sp³-hybridized carbons (Fsp3) is 0.643. The van der Waals surface area contributed by atoms with Crippen molar-refractivity contribution >= 4 is 22.8 Å². The average Bonchev–Trinajstić information content (AvgIpc) is 3.39. The molecule has 2 saturated carbocycles. The Labute approximate surface area is 214 Å². The van der Waals surface area contributed by atoms with Gasteiger partial charge in [0.2, 0.25) is 5.62 Å². The van der Waals surface area contributed by atoms with Crippen molar-refractivity contribution in [1.82, 2.24) is 9.13 Å². The zero-order valence-corrected chi connectivity index (χ0v) is 23.4. The highest BCUT2D eigenvalue weighted by molar-refractivity contribution is 8.93. The van der Waals surface area contributed by atoms with Crippen molar-refractivity contribution in [3.8, 4) is 5.75 Å². The SMILES string of the molecule is Br.CC(C)(C)c1cc(C(=O)Cn2ccn(CCC3C4CCC3CC4)c2=N)cc(C(C)(C)C)c1O. The molecule has 2 N–H and O–H groups in total. The molecule has 34 heavy (non-hydrogen) atoms. The number of imidazole rings is 1. The van der Waals surface area contributed by atoms with Crippen LogP contribution in [0.25, 0.3) is 0 Å². The van der Waals surface area contributed by atoms with Crippen LogP contribution >= 0.6 is 17.0 Å². The number of halogens is 1. The summed E-state index contributed by atoms with van der Waals surface area (Å²) in [6.45, 7) is 13.3. The van der Waals surface area contributed by atoms with Crippen molar-refractivity contribution in [1.29, 1.82) is 5.41 Å². The smallest absolute Gasteiger partial charge is 0.202 e. The molecule has 0 amide bonds. The molecule has 2 bridgehead atoms. The number of ketones is 1. The normalized spacial score (nSPS) is 22.1. The molecule has 5 nitrogen and oxygen atoms in total. The zero-order valence-electron chi connectivity index (χ0n) is 21.6. The number of fused-ring (bicyclic) bond motifs is 2. The van der Waals surface area contributed by atoms with Crippen molar-refractivity contribution in [2.45, 2.75) is 97.6 Å². The Morgan fingerprint density at radius 3 is 1.88 bits per heavy atom. The lowest BCUT2D eigenvalue weighted by Gasteiger charge is -2.28. The second-order valence-corrected chi connectivity index (χ2v) is 12.4. The maximum Gasteiger partial charge on any atom is 0.202 e. The van der Waals surface area contributed by atoms with Gasteiger partial charge in [-0.05, 0) is 72.8 Å². The number of aromatic nitrogens is 2. The van der Waals surface area contributed by atoms with E-state index in [2.05, 4.69) is 41.5 Å². The molecule has 1 aromatic heterocycles. The number of hydrogen-bond donors (Lipinski definition) is 2. The van der Waals surface area contributed by atoms with Crippen LogP contribution in [0.1, 0.15) is 95.1 Å². The predicted octanol–water partition coefficient (Wildman–Crippen LogP) is 6.36. The zero-order chi connectivity index (χ0) is 24.1. The second-order valence-electron chi connectivity index (χ2n) is 12.4. The molecule has 0 saturated heterocycles. The maximum atomic E-state index is 13.3. The summed E-state index contributed by atoms with van der Waals surface area (Å²) in [5.41, 5.74) is 2.01. The minimum absolute atomic E-state index is 0. The number of nitrogens with zero attached hydrogens (tertiary/aromatic N) is 2. The van der Waals surface area contributed by atoms with E-state index in [4.69, 9.17) is 5.41 Å². The highest BCUT2D eigenvalue weighted by Gasteiger charge is 2.40. The number of nitrogens with one attached hydrogen (secondary N) is 1. The van der Waals surface area contributed by atoms with Gasteiger partial charge in [0, 0.05) is 35.6 Å². The third-order valence-electron chi connectivity index (χ3n) is 8.06. The molecule has 1 aromatic carbocycles. The van der Waals surface area contributed by atoms with Crippen molar-refractivity contribution in [3.63, 3.8) is 0 Å². The Kier molecular flexibility index (Phi) is 7.62. The van der Waals surface area contributed by atoms with Gasteiger partial charge in [0.25, 0.3) is 0 Å². The maximum absolute atomic E-state index is 13.3. The number of Topliss-reactive ketones (excluding diaryl/α,β-unsaturated/α-hetero) is 1. The first kappa shape index (κ1) is 26.8. The molecule has 0 unspecified atom stereocenters. The summed E-state index contributed by atoms with van der Waals surface area (Å²) in [5.74, 6) is 2.88. The predicted molar refractivity (Wildman–Crippen MR) is 142 cm³/mol. The molecule has 4 rings (SSSR count). The first-order valence-electron chi connectivity index (χ1n) is 12.6. The highest BCUT2D eigenvalue weighted by atomic mass is 79.9. The Balaban J connectivity index is 0.00000324. The summed E-state index contributed by atoms with van der Waals surface area (Å²) < 4.78 is 3.73. The Morgan fingerprint density at radius 1 is 0.941 bits per heavy atom. The minimum atomic E-state index is -0.281. The van der Waals surface area contributed by atoms with Crippen LogP contribution in [-0.2, 0) is 23.9 Å². The molecule has 1 heterocycles. The van der Waals surface area contributed by atoms with E-state index in [0.29, 0.717) is 11.2 Å². The van der Waals surface area contributed by atoms with Gasteiger partial charge in [0.05, 0.1) is 6.54 Å². The molecule has 0 radical (unpaired) electrons. The fourth-order valence-corrected chi connectivity index (χ4v) is 6.11. The van der Waals surface area contributed by atoms with Gasteiger partial charge in [-0.15, -0.1) is 17.0 Å². The second kappa shape index (κ2) is 9.67. The first-order chi connectivity index (χ1) is 15.4. The van der Waals surface area contributed by atoms with Gasteiger partial charge in [-0.2, -0.15) is 0 Å². The lowest BCUT2D eigenvalue weighted by molar-refractivity contribution is 0.0969. The number of carbonyl (C=O) groups excluding carboxylic acids is 1. The summed E-state index contributed by atoms with van der Waals surface area (Å²) in [6, 6.07) is 3.67. The van der Waals surface area contributed by atoms with Crippen molar-refractivity contribution < 1.29 is 9.90 Å². The van der Waals surface area contributed by atoms with E-state index in [-0.39, 0.29) is 45.9 Å². The summed E-state index contributed by atoms with van der Waals surface area (Å²) in [7, 11) is 0. The van der Waals surface area contributed by atoms with E-state index in [0.717, 1.165) is 41.8 Å². The van der Waals surface area contributed by atoms with E-state index in [1.165, 1.54) is 25.7 Å².